The summed E-state index contributed by atoms with van der Waals surface area (Å²) in [5.74, 6) is -0.483. The number of anilines is 1. The first-order valence-corrected chi connectivity index (χ1v) is 11.8. The number of rotatable bonds is 6. The van der Waals surface area contributed by atoms with Crippen molar-refractivity contribution in [1.82, 2.24) is 20.1 Å². The second-order valence-corrected chi connectivity index (χ2v) is 9.05. The van der Waals surface area contributed by atoms with Crippen LogP contribution in [0.1, 0.15) is 30.5 Å². The Morgan fingerprint density at radius 1 is 1.09 bits per heavy atom. The number of hydrogen-bond acceptors (Lipinski definition) is 4. The fraction of sp³-hybridized carbons (Fsp3) is 0.360. The Labute approximate surface area is 197 Å². The highest BCUT2D eigenvalue weighted by molar-refractivity contribution is 6.30. The smallest absolute Gasteiger partial charge is 0.227 e. The minimum Gasteiger partial charge on any atom is -0.354 e. The highest BCUT2D eigenvalue weighted by Gasteiger charge is 2.35. The molecule has 1 unspecified atom stereocenters. The highest BCUT2D eigenvalue weighted by Crippen LogP contribution is 2.31. The molecule has 3 heterocycles. The van der Waals surface area contributed by atoms with Gasteiger partial charge in [0.1, 0.15) is 0 Å². The fourth-order valence-electron chi connectivity index (χ4n) is 4.78. The van der Waals surface area contributed by atoms with E-state index in [1.165, 1.54) is 17.7 Å². The first kappa shape index (κ1) is 21.6. The molecule has 170 valence electrons. The third-order valence-electron chi connectivity index (χ3n) is 6.47. The van der Waals surface area contributed by atoms with Crippen molar-refractivity contribution in [3.63, 3.8) is 0 Å². The summed E-state index contributed by atoms with van der Waals surface area (Å²) in [5.41, 5.74) is 5.47. The molecule has 0 radical (unpaired) electrons. The lowest BCUT2D eigenvalue weighted by molar-refractivity contribution is -0.126. The van der Waals surface area contributed by atoms with E-state index in [9.17, 15) is 9.59 Å². The van der Waals surface area contributed by atoms with Crippen molar-refractivity contribution in [2.75, 3.05) is 18.0 Å². The minimum absolute atomic E-state index is 0.0411. The number of pyridine rings is 1. The number of carbonyl (C=O) groups is 2. The Morgan fingerprint density at radius 2 is 1.85 bits per heavy atom. The molecule has 0 spiro atoms. The van der Waals surface area contributed by atoms with Gasteiger partial charge in [0.05, 0.1) is 18.2 Å². The SMILES string of the molecule is O=C(NCCn1nc(-c2ccncc2)c2c1CCCC2)C1CC(=O)N(c2ccc(Cl)cc2)C1. The normalized spacial score (nSPS) is 17.8. The zero-order chi connectivity index (χ0) is 22.8. The molecule has 8 heteroatoms. The monoisotopic (exact) mass is 463 g/mol. The Balaban J connectivity index is 1.22. The van der Waals surface area contributed by atoms with E-state index < -0.39 is 0 Å². The van der Waals surface area contributed by atoms with Crippen molar-refractivity contribution in [1.29, 1.82) is 0 Å². The van der Waals surface area contributed by atoms with Crippen LogP contribution in [-0.2, 0) is 29.0 Å². The maximum atomic E-state index is 12.8. The van der Waals surface area contributed by atoms with Gasteiger partial charge in [-0.1, -0.05) is 11.6 Å². The van der Waals surface area contributed by atoms with Crippen molar-refractivity contribution in [2.45, 2.75) is 38.6 Å². The summed E-state index contributed by atoms with van der Waals surface area (Å²) in [6, 6.07) is 11.1. The van der Waals surface area contributed by atoms with E-state index in [1.54, 1.807) is 29.4 Å². The Kier molecular flexibility index (Phi) is 6.13. The zero-order valence-electron chi connectivity index (χ0n) is 18.3. The lowest BCUT2D eigenvalue weighted by Crippen LogP contribution is -2.35. The molecule has 1 fully saturated rings. The Hall–Kier alpha value is -3.19. The molecule has 7 nitrogen and oxygen atoms in total. The fourth-order valence-corrected chi connectivity index (χ4v) is 4.91. The minimum atomic E-state index is -0.355. The van der Waals surface area contributed by atoms with E-state index >= 15 is 0 Å². The third-order valence-corrected chi connectivity index (χ3v) is 6.72. The van der Waals surface area contributed by atoms with Crippen LogP contribution in [0.3, 0.4) is 0 Å². The van der Waals surface area contributed by atoms with Crippen molar-refractivity contribution in [3.05, 3.63) is 65.1 Å². The quantitative estimate of drug-likeness (QED) is 0.605. The molecule has 2 aliphatic rings. The summed E-state index contributed by atoms with van der Waals surface area (Å²) >= 11 is 5.94. The number of amides is 2. The Bertz CT molecular complexity index is 1160. The van der Waals surface area contributed by atoms with Crippen molar-refractivity contribution in [2.24, 2.45) is 5.92 Å². The average Bonchev–Trinajstić information content (AvgIpc) is 3.41. The van der Waals surface area contributed by atoms with E-state index in [-0.39, 0.29) is 24.2 Å². The van der Waals surface area contributed by atoms with Crippen LogP contribution in [0.15, 0.2) is 48.8 Å². The van der Waals surface area contributed by atoms with Gasteiger partial charge in [0, 0.05) is 59.4 Å². The topological polar surface area (TPSA) is 80.1 Å². The van der Waals surface area contributed by atoms with Gasteiger partial charge in [-0.2, -0.15) is 5.10 Å². The summed E-state index contributed by atoms with van der Waals surface area (Å²) in [7, 11) is 0. The molecule has 1 aromatic carbocycles. The number of halogens is 1. The Morgan fingerprint density at radius 3 is 2.64 bits per heavy atom. The number of nitrogens with zero attached hydrogens (tertiary/aromatic N) is 4. The van der Waals surface area contributed by atoms with Gasteiger partial charge in [0.25, 0.3) is 0 Å². The van der Waals surface area contributed by atoms with Gasteiger partial charge < -0.3 is 10.2 Å². The van der Waals surface area contributed by atoms with Crippen LogP contribution >= 0.6 is 11.6 Å². The summed E-state index contributed by atoms with van der Waals surface area (Å²) < 4.78 is 2.05. The highest BCUT2D eigenvalue weighted by atomic mass is 35.5. The van der Waals surface area contributed by atoms with Crippen LogP contribution in [0.4, 0.5) is 5.69 Å². The van der Waals surface area contributed by atoms with Gasteiger partial charge in [-0.15, -0.1) is 0 Å². The number of benzene rings is 1. The lowest BCUT2D eigenvalue weighted by atomic mass is 9.94. The van der Waals surface area contributed by atoms with Crippen molar-refractivity contribution >= 4 is 29.1 Å². The van der Waals surface area contributed by atoms with Crippen LogP contribution in [0.5, 0.6) is 0 Å². The molecular formula is C25H26ClN5O2. The van der Waals surface area contributed by atoms with Crippen molar-refractivity contribution < 1.29 is 9.59 Å². The van der Waals surface area contributed by atoms with Crippen LogP contribution in [0, 0.1) is 5.92 Å². The standard InChI is InChI=1S/C25H26ClN5O2/c26-19-5-7-20(8-6-19)30-16-18(15-23(30)32)25(33)28-13-14-31-22-4-2-1-3-21(22)24(29-31)17-9-11-27-12-10-17/h5-12,18H,1-4,13-16H2,(H,28,33). The summed E-state index contributed by atoms with van der Waals surface area (Å²) in [4.78, 5) is 31.0. The number of carbonyl (C=O) groups excluding carboxylic acids is 2. The summed E-state index contributed by atoms with van der Waals surface area (Å²) in [6.45, 7) is 1.48. The number of fused-ring (bicyclic) bond motifs is 1. The van der Waals surface area contributed by atoms with Gasteiger partial charge in [0.15, 0.2) is 0 Å². The molecule has 1 aliphatic carbocycles. The van der Waals surface area contributed by atoms with E-state index in [0.717, 1.165) is 36.2 Å². The van der Waals surface area contributed by atoms with Crippen molar-refractivity contribution in [3.8, 4) is 11.3 Å². The second-order valence-electron chi connectivity index (χ2n) is 8.61. The molecule has 33 heavy (non-hydrogen) atoms. The van der Waals surface area contributed by atoms with Crippen LogP contribution in [0.2, 0.25) is 5.02 Å². The first-order chi connectivity index (χ1) is 16.1. The molecule has 1 N–H and O–H groups in total. The molecule has 1 atom stereocenters. The van der Waals surface area contributed by atoms with E-state index in [2.05, 4.69) is 10.3 Å². The predicted octanol–water partition coefficient (Wildman–Crippen LogP) is 3.65. The van der Waals surface area contributed by atoms with Crippen LogP contribution in [0.25, 0.3) is 11.3 Å². The average molecular weight is 464 g/mol. The molecule has 0 bridgehead atoms. The molecular weight excluding hydrogens is 438 g/mol. The van der Waals surface area contributed by atoms with Gasteiger partial charge in [-0.3, -0.25) is 19.3 Å². The maximum Gasteiger partial charge on any atom is 0.227 e. The van der Waals surface area contributed by atoms with Crippen LogP contribution in [-0.4, -0.2) is 39.7 Å². The van der Waals surface area contributed by atoms with Gasteiger partial charge in [-0.05, 0) is 62.1 Å². The van der Waals surface area contributed by atoms with E-state index in [1.807, 2.05) is 28.9 Å². The van der Waals surface area contributed by atoms with E-state index in [0.29, 0.717) is 24.7 Å². The molecule has 2 amide bonds. The third kappa shape index (κ3) is 4.50. The number of nitrogens with one attached hydrogen (secondary N) is 1. The van der Waals surface area contributed by atoms with E-state index in [4.69, 9.17) is 16.7 Å². The predicted molar refractivity (Wildman–Crippen MR) is 127 cm³/mol. The summed E-state index contributed by atoms with van der Waals surface area (Å²) in [5, 5.41) is 8.53. The van der Waals surface area contributed by atoms with Crippen LogP contribution < -0.4 is 10.2 Å². The molecule has 0 saturated carbocycles. The maximum absolute atomic E-state index is 12.8. The molecule has 2 aromatic heterocycles. The van der Waals surface area contributed by atoms with Gasteiger partial charge in [0.2, 0.25) is 11.8 Å². The molecule has 5 rings (SSSR count). The largest absolute Gasteiger partial charge is 0.354 e. The second kappa shape index (κ2) is 9.35. The lowest BCUT2D eigenvalue weighted by Gasteiger charge is -2.17. The van der Waals surface area contributed by atoms with Gasteiger partial charge in [-0.25, -0.2) is 0 Å². The summed E-state index contributed by atoms with van der Waals surface area (Å²) in [6.07, 6.45) is 8.18. The molecule has 3 aromatic rings. The number of aromatic nitrogens is 3. The zero-order valence-corrected chi connectivity index (χ0v) is 19.1. The number of hydrogen-bond donors (Lipinski definition) is 1. The first-order valence-electron chi connectivity index (χ1n) is 11.4. The van der Waals surface area contributed by atoms with Gasteiger partial charge >= 0.3 is 0 Å². The molecule has 1 aliphatic heterocycles. The molecule has 1 saturated heterocycles.